The van der Waals surface area contributed by atoms with Gasteiger partial charge in [-0.15, -0.1) is 0 Å². The predicted octanol–water partition coefficient (Wildman–Crippen LogP) is 3.62. The number of hydrogen-bond donors (Lipinski definition) is 0. The molecule has 0 spiro atoms. The first-order valence-corrected chi connectivity index (χ1v) is 6.58. The maximum atomic E-state index is 12.9. The van der Waals surface area contributed by atoms with Crippen LogP contribution in [0.3, 0.4) is 0 Å². The van der Waals surface area contributed by atoms with E-state index in [4.69, 9.17) is 0 Å². The van der Waals surface area contributed by atoms with Crippen LogP contribution in [-0.4, -0.2) is 17.4 Å². The van der Waals surface area contributed by atoms with E-state index in [1.165, 1.54) is 12.1 Å². The van der Waals surface area contributed by atoms with Crippen molar-refractivity contribution in [3.8, 4) is 0 Å². The van der Waals surface area contributed by atoms with Crippen LogP contribution in [0.4, 0.5) is 4.39 Å². The van der Waals surface area contributed by atoms with Crippen LogP contribution in [0, 0.1) is 5.82 Å². The normalized spacial score (nSPS) is 19.7. The van der Waals surface area contributed by atoms with E-state index in [1.807, 2.05) is 24.0 Å². The quantitative estimate of drug-likeness (QED) is 0.599. The summed E-state index contributed by atoms with van der Waals surface area (Å²) < 4.78 is 12.9. The fraction of sp³-hybridized carbons (Fsp3) is 0.312. The maximum absolute atomic E-state index is 12.9. The molecule has 1 aromatic carbocycles. The van der Waals surface area contributed by atoms with Gasteiger partial charge in [-0.3, -0.25) is 4.79 Å². The second-order valence-corrected chi connectivity index (χ2v) is 4.63. The lowest BCUT2D eigenvalue weighted by Gasteiger charge is -2.23. The summed E-state index contributed by atoms with van der Waals surface area (Å²) in [5.41, 5.74) is 1.01. The highest BCUT2D eigenvalue weighted by atomic mass is 19.1. The molecule has 0 radical (unpaired) electrons. The molecule has 0 N–H and O–H groups in total. The van der Waals surface area contributed by atoms with E-state index < -0.39 is 0 Å². The Hall–Kier alpha value is -1.90. The molecule has 1 aliphatic rings. The molecule has 1 heterocycles. The molecule has 1 atom stereocenters. The third kappa shape index (κ3) is 3.31. The first-order valence-electron chi connectivity index (χ1n) is 6.58. The first-order chi connectivity index (χ1) is 9.22. The molecular weight excluding hydrogens is 241 g/mol. The Balaban J connectivity index is 2.12. The molecule has 2 rings (SSSR count). The van der Waals surface area contributed by atoms with Crippen molar-refractivity contribution < 1.29 is 9.18 Å². The number of amides is 1. The van der Waals surface area contributed by atoms with E-state index in [-0.39, 0.29) is 17.8 Å². The van der Waals surface area contributed by atoms with E-state index in [0.29, 0.717) is 0 Å². The topological polar surface area (TPSA) is 20.3 Å². The van der Waals surface area contributed by atoms with Crippen molar-refractivity contribution in [2.45, 2.75) is 25.8 Å². The molecule has 1 saturated heterocycles. The van der Waals surface area contributed by atoms with Crippen LogP contribution < -0.4 is 0 Å². The monoisotopic (exact) mass is 259 g/mol. The van der Waals surface area contributed by atoms with E-state index in [1.54, 1.807) is 24.3 Å². The van der Waals surface area contributed by atoms with Gasteiger partial charge in [0.15, 0.2) is 0 Å². The second-order valence-electron chi connectivity index (χ2n) is 4.63. The van der Waals surface area contributed by atoms with Gasteiger partial charge in [0.05, 0.1) is 6.04 Å². The molecule has 1 aliphatic heterocycles. The van der Waals surface area contributed by atoms with Gasteiger partial charge in [0, 0.05) is 12.6 Å². The van der Waals surface area contributed by atoms with Crippen LogP contribution in [0.25, 0.3) is 0 Å². The average molecular weight is 259 g/mol. The average Bonchev–Trinajstić information content (AvgIpc) is 2.89. The Morgan fingerprint density at radius 1 is 1.32 bits per heavy atom. The fourth-order valence-corrected chi connectivity index (χ4v) is 2.41. The zero-order valence-electron chi connectivity index (χ0n) is 11.1. The second kappa shape index (κ2) is 6.32. The molecule has 1 aromatic rings. The van der Waals surface area contributed by atoms with E-state index in [9.17, 15) is 9.18 Å². The minimum atomic E-state index is -0.243. The Bertz CT molecular complexity index is 490. The standard InChI is InChI=1S/C16H18FNO/c1-2-3-4-7-16(19)18-12-5-6-15(18)13-8-10-14(17)11-9-13/h2-4,7-11,15H,5-6,12H2,1H3/b3-2+,7-4+. The summed E-state index contributed by atoms with van der Waals surface area (Å²) in [6.45, 7) is 2.67. The molecule has 0 aliphatic carbocycles. The minimum absolute atomic E-state index is 0.0184. The number of carbonyl (C=O) groups excluding carboxylic acids is 1. The number of nitrogens with zero attached hydrogens (tertiary/aromatic N) is 1. The maximum Gasteiger partial charge on any atom is 0.247 e. The molecule has 19 heavy (non-hydrogen) atoms. The van der Waals surface area contributed by atoms with Crippen molar-refractivity contribution in [2.24, 2.45) is 0 Å². The lowest BCUT2D eigenvalue weighted by Crippen LogP contribution is -2.28. The summed E-state index contributed by atoms with van der Waals surface area (Å²) in [6.07, 6.45) is 8.98. The summed E-state index contributed by atoms with van der Waals surface area (Å²) in [5, 5.41) is 0. The zero-order chi connectivity index (χ0) is 13.7. The first kappa shape index (κ1) is 13.5. The minimum Gasteiger partial charge on any atom is -0.332 e. The Kier molecular flexibility index (Phi) is 4.50. The van der Waals surface area contributed by atoms with Crippen LogP contribution in [0.15, 0.2) is 48.6 Å². The highest BCUT2D eigenvalue weighted by Crippen LogP contribution is 2.32. The summed E-state index contributed by atoms with van der Waals surface area (Å²) in [7, 11) is 0. The molecule has 0 aromatic heterocycles. The molecule has 1 fully saturated rings. The third-order valence-electron chi connectivity index (χ3n) is 3.33. The molecule has 0 bridgehead atoms. The number of likely N-dealkylation sites (tertiary alicyclic amines) is 1. The molecule has 100 valence electrons. The van der Waals surface area contributed by atoms with Gasteiger partial charge in [-0.25, -0.2) is 4.39 Å². The van der Waals surface area contributed by atoms with Crippen molar-refractivity contribution in [1.29, 1.82) is 0 Å². The summed E-state index contributed by atoms with van der Waals surface area (Å²) in [5.74, 6) is -0.225. The Morgan fingerprint density at radius 3 is 2.74 bits per heavy atom. The largest absolute Gasteiger partial charge is 0.332 e. The van der Waals surface area contributed by atoms with Gasteiger partial charge in [-0.05, 0) is 37.5 Å². The van der Waals surface area contributed by atoms with Crippen molar-refractivity contribution in [2.75, 3.05) is 6.54 Å². The number of carbonyl (C=O) groups is 1. The molecule has 3 heteroatoms. The van der Waals surface area contributed by atoms with E-state index in [2.05, 4.69) is 0 Å². The molecule has 0 saturated carbocycles. The SMILES string of the molecule is C/C=C/C=C/C(=O)N1CCCC1c1ccc(F)cc1. The Morgan fingerprint density at radius 2 is 2.05 bits per heavy atom. The van der Waals surface area contributed by atoms with Crippen LogP contribution in [0.5, 0.6) is 0 Å². The van der Waals surface area contributed by atoms with E-state index in [0.717, 1.165) is 24.9 Å². The van der Waals surface area contributed by atoms with Gasteiger partial charge in [0.25, 0.3) is 0 Å². The van der Waals surface area contributed by atoms with Crippen molar-refractivity contribution in [3.63, 3.8) is 0 Å². The van der Waals surface area contributed by atoms with Crippen LogP contribution in [0.2, 0.25) is 0 Å². The van der Waals surface area contributed by atoms with Crippen LogP contribution in [0.1, 0.15) is 31.4 Å². The van der Waals surface area contributed by atoms with Crippen molar-refractivity contribution >= 4 is 5.91 Å². The molecule has 1 amide bonds. The van der Waals surface area contributed by atoms with Crippen LogP contribution >= 0.6 is 0 Å². The third-order valence-corrected chi connectivity index (χ3v) is 3.33. The van der Waals surface area contributed by atoms with Gasteiger partial charge in [0.2, 0.25) is 5.91 Å². The lowest BCUT2D eigenvalue weighted by molar-refractivity contribution is -0.126. The lowest BCUT2D eigenvalue weighted by atomic mass is 10.0. The van der Waals surface area contributed by atoms with Gasteiger partial charge in [-0.1, -0.05) is 30.4 Å². The number of benzene rings is 1. The highest BCUT2D eigenvalue weighted by molar-refractivity contribution is 5.88. The molecule has 1 unspecified atom stereocenters. The van der Waals surface area contributed by atoms with Gasteiger partial charge in [0.1, 0.15) is 5.82 Å². The van der Waals surface area contributed by atoms with Gasteiger partial charge >= 0.3 is 0 Å². The number of allylic oxidation sites excluding steroid dienone is 3. The van der Waals surface area contributed by atoms with Crippen molar-refractivity contribution in [1.82, 2.24) is 4.90 Å². The zero-order valence-corrected chi connectivity index (χ0v) is 11.1. The molecule has 2 nitrogen and oxygen atoms in total. The highest BCUT2D eigenvalue weighted by Gasteiger charge is 2.28. The summed E-state index contributed by atoms with van der Waals surface area (Å²) in [6, 6.07) is 6.50. The van der Waals surface area contributed by atoms with Gasteiger partial charge < -0.3 is 4.90 Å². The number of rotatable bonds is 3. The molecular formula is C16H18FNO. The van der Waals surface area contributed by atoms with Gasteiger partial charge in [-0.2, -0.15) is 0 Å². The summed E-state index contributed by atoms with van der Waals surface area (Å²) in [4.78, 5) is 14.0. The Labute approximate surface area is 113 Å². The van der Waals surface area contributed by atoms with E-state index >= 15 is 0 Å². The smallest absolute Gasteiger partial charge is 0.247 e. The fourth-order valence-electron chi connectivity index (χ4n) is 2.41. The predicted molar refractivity (Wildman–Crippen MR) is 74.0 cm³/mol. The van der Waals surface area contributed by atoms with Crippen molar-refractivity contribution in [3.05, 3.63) is 60.0 Å². The van der Waals surface area contributed by atoms with Crippen LogP contribution in [-0.2, 0) is 4.79 Å². The number of hydrogen-bond acceptors (Lipinski definition) is 1. The number of halogens is 1. The summed E-state index contributed by atoms with van der Waals surface area (Å²) >= 11 is 0.